The van der Waals surface area contributed by atoms with Crippen molar-refractivity contribution < 1.29 is 4.79 Å². The Labute approximate surface area is 110 Å². The minimum Gasteiger partial charge on any atom is -0.352 e. The smallest absolute Gasteiger partial charge is 0.252 e. The molecule has 1 aromatic heterocycles. The number of amides is 1. The van der Waals surface area contributed by atoms with Crippen molar-refractivity contribution >= 4 is 29.9 Å². The van der Waals surface area contributed by atoms with E-state index in [9.17, 15) is 4.79 Å². The molecule has 0 spiro atoms. The lowest BCUT2D eigenvalue weighted by Gasteiger charge is -2.06. The summed E-state index contributed by atoms with van der Waals surface area (Å²) >= 11 is 5.97. The van der Waals surface area contributed by atoms with Crippen molar-refractivity contribution in [1.82, 2.24) is 5.32 Å². The minimum atomic E-state index is -0.0628. The van der Waals surface area contributed by atoms with Crippen LogP contribution in [-0.2, 0) is 6.42 Å². The third kappa shape index (κ3) is 3.35. The molecule has 2 rings (SSSR count). The van der Waals surface area contributed by atoms with Gasteiger partial charge in [-0.25, -0.2) is 0 Å². The average molecular weight is 263 g/mol. The van der Waals surface area contributed by atoms with Crippen LogP contribution in [0, 0.1) is 0 Å². The van der Waals surface area contributed by atoms with Gasteiger partial charge in [0, 0.05) is 16.3 Å². The van der Waals surface area contributed by atoms with Crippen molar-refractivity contribution in [3.63, 3.8) is 0 Å². The predicted molar refractivity (Wildman–Crippen MR) is 74.1 cm³/mol. The maximum absolute atomic E-state index is 11.8. The third-order valence-corrected chi connectivity index (χ3v) is 3.71. The van der Waals surface area contributed by atoms with E-state index in [1.54, 1.807) is 17.4 Å². The highest BCUT2D eigenvalue weighted by Gasteiger charge is 2.07. The molecule has 2 aromatic rings. The molecule has 17 heavy (non-hydrogen) atoms. The largest absolute Gasteiger partial charge is 0.352 e. The number of carbonyl (C=O) groups is 1. The van der Waals surface area contributed by atoms with Gasteiger partial charge >= 0.3 is 0 Å². The van der Waals surface area contributed by atoms with E-state index in [0.29, 0.717) is 17.0 Å². The van der Waals surface area contributed by atoms with Gasteiger partial charge in [-0.15, -0.1) is 24.0 Å². The van der Waals surface area contributed by atoms with Crippen molar-refractivity contribution in [3.05, 3.63) is 52.2 Å². The average Bonchev–Trinajstić information content (AvgIpc) is 2.82. The second kappa shape index (κ2) is 5.89. The normalized spacial score (nSPS) is 10.2. The highest BCUT2D eigenvalue weighted by Crippen LogP contribution is 2.12. The first-order chi connectivity index (χ1) is 8.27. The maximum Gasteiger partial charge on any atom is 0.252 e. The van der Waals surface area contributed by atoms with Crippen LogP contribution in [0.2, 0.25) is 0 Å². The third-order valence-electron chi connectivity index (χ3n) is 2.39. The number of hydrogen-bond donors (Lipinski definition) is 2. The molecule has 0 radical (unpaired) electrons. The van der Waals surface area contributed by atoms with Crippen molar-refractivity contribution in [3.8, 4) is 0 Å². The lowest BCUT2D eigenvalue weighted by Crippen LogP contribution is -2.25. The van der Waals surface area contributed by atoms with Gasteiger partial charge in [0.1, 0.15) is 0 Å². The lowest BCUT2D eigenvalue weighted by molar-refractivity contribution is 0.0951. The van der Waals surface area contributed by atoms with Crippen molar-refractivity contribution in [2.45, 2.75) is 11.3 Å². The van der Waals surface area contributed by atoms with Gasteiger partial charge in [-0.3, -0.25) is 4.79 Å². The Morgan fingerprint density at radius 2 is 2.06 bits per heavy atom. The molecule has 2 nitrogen and oxygen atoms in total. The number of rotatable bonds is 4. The molecule has 0 aliphatic heterocycles. The van der Waals surface area contributed by atoms with E-state index < -0.39 is 0 Å². The number of carbonyl (C=O) groups excluding carboxylic acids is 1. The van der Waals surface area contributed by atoms with E-state index in [2.05, 4.69) is 24.0 Å². The molecule has 88 valence electrons. The van der Waals surface area contributed by atoms with Gasteiger partial charge in [0.15, 0.2) is 0 Å². The number of thiol groups is 1. The van der Waals surface area contributed by atoms with Crippen LogP contribution >= 0.6 is 24.0 Å². The summed E-state index contributed by atoms with van der Waals surface area (Å²) in [6.45, 7) is 0.654. The first kappa shape index (κ1) is 12.2. The SMILES string of the molecule is O=C(NCCc1cccs1)c1ccccc1S. The molecule has 0 bridgehead atoms. The van der Waals surface area contributed by atoms with E-state index in [-0.39, 0.29) is 5.91 Å². The monoisotopic (exact) mass is 263 g/mol. The Hall–Kier alpha value is -1.26. The number of thiophene rings is 1. The number of nitrogens with one attached hydrogen (secondary N) is 1. The fourth-order valence-corrected chi connectivity index (χ4v) is 2.49. The summed E-state index contributed by atoms with van der Waals surface area (Å²) in [5.74, 6) is -0.0628. The zero-order chi connectivity index (χ0) is 12.1. The van der Waals surface area contributed by atoms with Gasteiger partial charge in [0.25, 0.3) is 5.91 Å². The van der Waals surface area contributed by atoms with Crippen LogP contribution in [0.1, 0.15) is 15.2 Å². The Kier molecular flexibility index (Phi) is 4.23. The van der Waals surface area contributed by atoms with Gasteiger partial charge in [-0.2, -0.15) is 0 Å². The fraction of sp³-hybridized carbons (Fsp3) is 0.154. The standard InChI is InChI=1S/C13H13NOS2/c15-13(11-5-1-2-6-12(11)16)14-8-7-10-4-3-9-17-10/h1-6,9,16H,7-8H2,(H,14,15). The molecule has 0 aliphatic rings. The fourth-order valence-electron chi connectivity index (χ4n) is 1.51. The molecule has 1 N–H and O–H groups in total. The van der Waals surface area contributed by atoms with Gasteiger partial charge in [0.05, 0.1) is 5.56 Å². The van der Waals surface area contributed by atoms with E-state index >= 15 is 0 Å². The molecule has 1 amide bonds. The summed E-state index contributed by atoms with van der Waals surface area (Å²) in [5.41, 5.74) is 0.627. The first-order valence-electron chi connectivity index (χ1n) is 5.36. The second-order valence-corrected chi connectivity index (χ2v) is 5.12. The van der Waals surface area contributed by atoms with Crippen LogP contribution in [0.5, 0.6) is 0 Å². The highest BCUT2D eigenvalue weighted by atomic mass is 32.1. The van der Waals surface area contributed by atoms with Gasteiger partial charge in [0.2, 0.25) is 0 Å². The molecular formula is C13H13NOS2. The summed E-state index contributed by atoms with van der Waals surface area (Å²) in [7, 11) is 0. The van der Waals surface area contributed by atoms with E-state index in [4.69, 9.17) is 0 Å². The Balaban J connectivity index is 1.88. The zero-order valence-electron chi connectivity index (χ0n) is 9.22. The Morgan fingerprint density at radius 3 is 2.76 bits per heavy atom. The number of benzene rings is 1. The van der Waals surface area contributed by atoms with Gasteiger partial charge in [-0.1, -0.05) is 18.2 Å². The van der Waals surface area contributed by atoms with Gasteiger partial charge in [-0.05, 0) is 30.0 Å². The molecule has 0 unspecified atom stereocenters. The topological polar surface area (TPSA) is 29.1 Å². The van der Waals surface area contributed by atoms with Crippen LogP contribution in [0.4, 0.5) is 0 Å². The van der Waals surface area contributed by atoms with Crippen molar-refractivity contribution in [1.29, 1.82) is 0 Å². The van der Waals surface area contributed by atoms with Gasteiger partial charge < -0.3 is 5.32 Å². The Bertz CT molecular complexity index is 494. The minimum absolute atomic E-state index is 0.0628. The highest BCUT2D eigenvalue weighted by molar-refractivity contribution is 7.80. The van der Waals surface area contributed by atoms with E-state index in [1.165, 1.54) is 4.88 Å². The molecule has 1 aromatic carbocycles. The molecular weight excluding hydrogens is 250 g/mol. The molecule has 0 atom stereocenters. The van der Waals surface area contributed by atoms with E-state index in [0.717, 1.165) is 6.42 Å². The van der Waals surface area contributed by atoms with E-state index in [1.807, 2.05) is 29.6 Å². The summed E-state index contributed by atoms with van der Waals surface area (Å²) in [6, 6.07) is 11.4. The lowest BCUT2D eigenvalue weighted by atomic mass is 10.2. The summed E-state index contributed by atoms with van der Waals surface area (Å²) in [4.78, 5) is 13.8. The maximum atomic E-state index is 11.8. The van der Waals surface area contributed by atoms with Crippen molar-refractivity contribution in [2.24, 2.45) is 0 Å². The second-order valence-electron chi connectivity index (χ2n) is 3.60. The quantitative estimate of drug-likeness (QED) is 0.816. The van der Waals surface area contributed by atoms with Crippen LogP contribution in [0.15, 0.2) is 46.7 Å². The first-order valence-corrected chi connectivity index (χ1v) is 6.68. The van der Waals surface area contributed by atoms with Crippen LogP contribution in [0.25, 0.3) is 0 Å². The zero-order valence-corrected chi connectivity index (χ0v) is 10.9. The summed E-state index contributed by atoms with van der Waals surface area (Å²) in [5, 5.41) is 4.94. The molecule has 4 heteroatoms. The summed E-state index contributed by atoms with van der Waals surface area (Å²) in [6.07, 6.45) is 0.873. The van der Waals surface area contributed by atoms with Crippen LogP contribution in [0.3, 0.4) is 0 Å². The summed E-state index contributed by atoms with van der Waals surface area (Å²) < 4.78 is 0. The van der Waals surface area contributed by atoms with Crippen LogP contribution < -0.4 is 5.32 Å². The molecule has 1 heterocycles. The molecule has 0 saturated carbocycles. The predicted octanol–water partition coefficient (Wildman–Crippen LogP) is 3.01. The molecule has 0 saturated heterocycles. The molecule has 0 fully saturated rings. The molecule has 0 aliphatic carbocycles. The van der Waals surface area contributed by atoms with Crippen molar-refractivity contribution in [2.75, 3.05) is 6.54 Å². The van der Waals surface area contributed by atoms with Crippen LogP contribution in [-0.4, -0.2) is 12.5 Å². The number of hydrogen-bond acceptors (Lipinski definition) is 3. The Morgan fingerprint density at radius 1 is 1.24 bits per heavy atom.